The van der Waals surface area contributed by atoms with Gasteiger partial charge in [0.25, 0.3) is 0 Å². The van der Waals surface area contributed by atoms with Gasteiger partial charge in [-0.3, -0.25) is 29.0 Å². The van der Waals surface area contributed by atoms with Crippen LogP contribution in [0.5, 0.6) is 0 Å². The molecule has 15 heteroatoms. The topological polar surface area (TPSA) is 270 Å². The second kappa shape index (κ2) is 18.7. The first-order chi connectivity index (χ1) is 18.2. The van der Waals surface area contributed by atoms with Crippen LogP contribution >= 0.6 is 0 Å². The van der Waals surface area contributed by atoms with Crippen molar-refractivity contribution in [3.05, 3.63) is 0 Å². The fraction of sp³-hybridized carbons (Fsp3) is 0.750. The van der Waals surface area contributed by atoms with Gasteiger partial charge < -0.3 is 49.3 Å². The van der Waals surface area contributed by atoms with Crippen LogP contribution in [0.4, 0.5) is 0 Å². The number of aliphatic carboxylic acids is 1. The zero-order chi connectivity index (χ0) is 30.1. The van der Waals surface area contributed by atoms with Crippen molar-refractivity contribution in [2.75, 3.05) is 13.1 Å². The minimum Gasteiger partial charge on any atom is -0.480 e. The first-order valence-corrected chi connectivity index (χ1v) is 13.1. The second-order valence-corrected chi connectivity index (χ2v) is 9.89. The third-order valence-corrected chi connectivity index (χ3v) is 5.70. The molecule has 0 aliphatic rings. The summed E-state index contributed by atoms with van der Waals surface area (Å²) < 4.78 is 0. The Bertz CT molecular complexity index is 848. The lowest BCUT2D eigenvalue weighted by atomic mass is 10.0. The number of nitrogens with zero attached hydrogens (tertiary/aromatic N) is 1. The number of hydrogen-bond acceptors (Lipinski definition) is 8. The predicted octanol–water partition coefficient (Wildman–Crippen LogP) is -2.39. The molecule has 0 aliphatic heterocycles. The number of rotatable bonds is 19. The van der Waals surface area contributed by atoms with Crippen molar-refractivity contribution in [2.24, 2.45) is 33.8 Å². The normalized spacial score (nSPS) is 14.7. The van der Waals surface area contributed by atoms with E-state index in [1.54, 1.807) is 0 Å². The summed E-state index contributed by atoms with van der Waals surface area (Å²) in [5.74, 6) is -3.64. The molecule has 5 atom stereocenters. The highest BCUT2D eigenvalue weighted by atomic mass is 16.4. The maximum atomic E-state index is 13.0. The number of aliphatic imine (C=N–C) groups is 1. The van der Waals surface area contributed by atoms with Crippen LogP contribution < -0.4 is 44.2 Å². The van der Waals surface area contributed by atoms with Gasteiger partial charge in [0, 0.05) is 6.54 Å². The maximum absolute atomic E-state index is 13.0. The van der Waals surface area contributed by atoms with Crippen LogP contribution in [0, 0.1) is 5.92 Å². The van der Waals surface area contributed by atoms with E-state index in [4.69, 9.17) is 28.0 Å². The van der Waals surface area contributed by atoms with Crippen molar-refractivity contribution in [3.63, 3.8) is 0 Å². The first-order valence-electron chi connectivity index (χ1n) is 13.1. The maximum Gasteiger partial charge on any atom is 0.325 e. The summed E-state index contributed by atoms with van der Waals surface area (Å²) >= 11 is 0. The predicted molar refractivity (Wildman–Crippen MR) is 147 cm³/mol. The lowest BCUT2D eigenvalue weighted by Gasteiger charge is -2.25. The Balaban J connectivity index is 5.41. The molecule has 224 valence electrons. The summed E-state index contributed by atoms with van der Waals surface area (Å²) in [4.78, 5) is 66.0. The summed E-state index contributed by atoms with van der Waals surface area (Å²) in [5, 5.41) is 19.1. The number of unbranched alkanes of at least 4 members (excludes halogenated alkanes) is 1. The van der Waals surface area contributed by atoms with Gasteiger partial charge in [0.2, 0.25) is 23.6 Å². The Morgan fingerprint density at radius 1 is 0.744 bits per heavy atom. The minimum atomic E-state index is -1.22. The van der Waals surface area contributed by atoms with Gasteiger partial charge >= 0.3 is 5.97 Å². The van der Waals surface area contributed by atoms with Crippen LogP contribution in [0.3, 0.4) is 0 Å². The smallest absolute Gasteiger partial charge is 0.325 e. The van der Waals surface area contributed by atoms with Gasteiger partial charge in [0.15, 0.2) is 5.96 Å². The monoisotopic (exact) mass is 557 g/mol. The summed E-state index contributed by atoms with van der Waals surface area (Å²) in [7, 11) is 0. The van der Waals surface area contributed by atoms with Crippen LogP contribution in [0.1, 0.15) is 66.2 Å². The Morgan fingerprint density at radius 3 is 1.74 bits per heavy atom. The standard InChI is InChI=1S/C24H47N9O6/c1-13(2)12-16(26)20(35)33-18(9-7-11-29-24(27)28)21(36)30-14(3)19(34)32-17(8-5-6-10-25)22(37)31-15(4)23(38)39/h13-18H,5-12,25-26H2,1-4H3,(H,30,36)(H,31,37)(H,32,34)(H,33,35)(H,38,39)(H4,27,28,29)/t14-,15-,16-,17-,18-/m0/s1. The zero-order valence-corrected chi connectivity index (χ0v) is 23.4. The Hall–Kier alpha value is -3.46. The van der Waals surface area contributed by atoms with Gasteiger partial charge in [-0.05, 0) is 64.8 Å². The molecule has 0 saturated heterocycles. The van der Waals surface area contributed by atoms with E-state index in [-0.39, 0.29) is 31.3 Å². The number of carbonyl (C=O) groups excluding carboxylic acids is 4. The van der Waals surface area contributed by atoms with Crippen molar-refractivity contribution >= 4 is 35.6 Å². The average molecular weight is 558 g/mol. The van der Waals surface area contributed by atoms with E-state index >= 15 is 0 Å². The molecule has 0 rings (SSSR count). The van der Waals surface area contributed by atoms with Crippen molar-refractivity contribution < 1.29 is 29.1 Å². The fourth-order valence-corrected chi connectivity index (χ4v) is 3.48. The van der Waals surface area contributed by atoms with Crippen LogP contribution in [0.2, 0.25) is 0 Å². The van der Waals surface area contributed by atoms with Crippen LogP contribution in [-0.4, -0.2) is 84.0 Å². The SMILES string of the molecule is CC(C)C[C@H](N)C(=O)N[C@@H](CCCN=C(N)N)C(=O)N[C@@H](C)C(=O)N[C@@H](CCCCN)C(=O)N[C@@H](C)C(=O)O. The third kappa shape index (κ3) is 15.5. The molecule has 13 N–H and O–H groups in total. The van der Waals surface area contributed by atoms with E-state index in [9.17, 15) is 24.0 Å². The zero-order valence-electron chi connectivity index (χ0n) is 23.4. The molecule has 0 aromatic carbocycles. The lowest BCUT2D eigenvalue weighted by molar-refractivity contribution is -0.141. The lowest BCUT2D eigenvalue weighted by Crippen LogP contribution is -2.57. The first kappa shape index (κ1) is 35.5. The number of amides is 4. The Labute approximate surface area is 229 Å². The molecular weight excluding hydrogens is 510 g/mol. The summed E-state index contributed by atoms with van der Waals surface area (Å²) in [6.07, 6.45) is 2.29. The highest BCUT2D eigenvalue weighted by Gasteiger charge is 2.29. The summed E-state index contributed by atoms with van der Waals surface area (Å²) in [6.45, 7) is 7.17. The molecule has 0 aromatic heterocycles. The summed E-state index contributed by atoms with van der Waals surface area (Å²) in [6, 6.07) is -5.11. The number of nitrogens with two attached hydrogens (primary N) is 4. The average Bonchev–Trinajstić information content (AvgIpc) is 2.84. The molecule has 0 aromatic rings. The van der Waals surface area contributed by atoms with Crippen LogP contribution in [0.15, 0.2) is 4.99 Å². The van der Waals surface area contributed by atoms with Crippen molar-refractivity contribution in [3.8, 4) is 0 Å². The van der Waals surface area contributed by atoms with Crippen molar-refractivity contribution in [1.82, 2.24) is 21.3 Å². The second-order valence-electron chi connectivity index (χ2n) is 9.89. The highest BCUT2D eigenvalue weighted by molar-refractivity contribution is 5.95. The molecule has 0 heterocycles. The number of carboxylic acid groups (broad SMARTS) is 1. The number of carbonyl (C=O) groups is 5. The highest BCUT2D eigenvalue weighted by Crippen LogP contribution is 2.06. The van der Waals surface area contributed by atoms with Crippen LogP contribution in [0.25, 0.3) is 0 Å². The molecule has 0 saturated carbocycles. The van der Waals surface area contributed by atoms with E-state index in [1.165, 1.54) is 13.8 Å². The molecule has 0 aliphatic carbocycles. The van der Waals surface area contributed by atoms with Crippen molar-refractivity contribution in [1.29, 1.82) is 0 Å². The molecule has 0 bridgehead atoms. The molecule has 0 unspecified atom stereocenters. The third-order valence-electron chi connectivity index (χ3n) is 5.70. The number of guanidine groups is 1. The van der Waals surface area contributed by atoms with Gasteiger partial charge in [-0.25, -0.2) is 0 Å². The number of nitrogens with one attached hydrogen (secondary N) is 4. The Kier molecular flexibility index (Phi) is 17.1. The van der Waals surface area contributed by atoms with E-state index in [2.05, 4.69) is 26.3 Å². The van der Waals surface area contributed by atoms with Gasteiger partial charge in [0.05, 0.1) is 6.04 Å². The van der Waals surface area contributed by atoms with Gasteiger partial charge in [0.1, 0.15) is 24.2 Å². The number of hydrogen-bond donors (Lipinski definition) is 9. The number of carboxylic acids is 1. The molecule has 4 amide bonds. The minimum absolute atomic E-state index is 0.105. The van der Waals surface area contributed by atoms with Gasteiger partial charge in [-0.1, -0.05) is 13.8 Å². The molecule has 0 spiro atoms. The molecular formula is C24H47N9O6. The fourth-order valence-electron chi connectivity index (χ4n) is 3.48. The molecule has 0 radical (unpaired) electrons. The van der Waals surface area contributed by atoms with E-state index in [0.29, 0.717) is 32.2 Å². The van der Waals surface area contributed by atoms with E-state index in [1.807, 2.05) is 13.8 Å². The molecule has 39 heavy (non-hydrogen) atoms. The quantitative estimate of drug-likeness (QED) is 0.0461. The molecule has 15 nitrogen and oxygen atoms in total. The summed E-state index contributed by atoms with van der Waals surface area (Å²) in [5.41, 5.74) is 22.1. The van der Waals surface area contributed by atoms with Gasteiger partial charge in [-0.2, -0.15) is 0 Å². The van der Waals surface area contributed by atoms with E-state index in [0.717, 1.165) is 0 Å². The Morgan fingerprint density at radius 2 is 1.26 bits per heavy atom. The van der Waals surface area contributed by atoms with Crippen LogP contribution in [-0.2, 0) is 24.0 Å². The molecule has 0 fully saturated rings. The van der Waals surface area contributed by atoms with Crippen molar-refractivity contribution in [2.45, 2.75) is 96.4 Å². The largest absolute Gasteiger partial charge is 0.480 e. The van der Waals surface area contributed by atoms with Gasteiger partial charge in [-0.15, -0.1) is 0 Å². The van der Waals surface area contributed by atoms with E-state index < -0.39 is 59.8 Å².